The summed E-state index contributed by atoms with van der Waals surface area (Å²) < 4.78 is 0. The Kier molecular flexibility index (Phi) is 12.6. The smallest absolute Gasteiger partial charge is 0.188 e. The Balaban J connectivity index is 0. The first kappa shape index (κ1) is 19.3. The summed E-state index contributed by atoms with van der Waals surface area (Å²) >= 11 is 0. The highest BCUT2D eigenvalue weighted by Gasteiger charge is 2.03. The van der Waals surface area contributed by atoms with Gasteiger partial charge in [-0.1, -0.05) is 26.7 Å². The summed E-state index contributed by atoms with van der Waals surface area (Å²) in [5, 5.41) is 12.2. The van der Waals surface area contributed by atoms with Crippen molar-refractivity contribution in [2.24, 2.45) is 16.6 Å². The van der Waals surface area contributed by atoms with Crippen LogP contribution in [0.1, 0.15) is 47.0 Å². The van der Waals surface area contributed by atoms with E-state index in [-0.39, 0.29) is 24.0 Å². The van der Waals surface area contributed by atoms with Gasteiger partial charge in [-0.25, -0.2) is 0 Å². The predicted molar refractivity (Wildman–Crippen MR) is 84.9 cm³/mol. The van der Waals surface area contributed by atoms with E-state index in [1.54, 1.807) is 6.92 Å². The Morgan fingerprint density at radius 3 is 2.29 bits per heavy atom. The van der Waals surface area contributed by atoms with Crippen molar-refractivity contribution >= 4 is 29.9 Å². The predicted octanol–water partition coefficient (Wildman–Crippen LogP) is 2.10. The van der Waals surface area contributed by atoms with Crippen LogP contribution in [0.3, 0.4) is 0 Å². The molecule has 0 aliphatic rings. The molecule has 104 valence electrons. The SMILES string of the molecule is CC(C)CCCC(C)NC(N)=NCC(C)O.I. The van der Waals surface area contributed by atoms with Gasteiger partial charge in [-0.15, -0.1) is 24.0 Å². The van der Waals surface area contributed by atoms with Crippen LogP contribution < -0.4 is 11.1 Å². The van der Waals surface area contributed by atoms with Gasteiger partial charge >= 0.3 is 0 Å². The van der Waals surface area contributed by atoms with Crippen LogP contribution in [0.5, 0.6) is 0 Å². The standard InChI is InChI=1S/C12H27N3O.HI/c1-9(2)6-5-7-10(3)15-12(13)14-8-11(4)16;/h9-11,16H,5-8H2,1-4H3,(H3,13,14,15);1H. The number of halogens is 1. The fraction of sp³-hybridized carbons (Fsp3) is 0.917. The van der Waals surface area contributed by atoms with Crippen molar-refractivity contribution in [2.75, 3.05) is 6.54 Å². The molecule has 0 aromatic heterocycles. The van der Waals surface area contributed by atoms with Crippen molar-refractivity contribution in [1.82, 2.24) is 5.32 Å². The van der Waals surface area contributed by atoms with Crippen LogP contribution in [0.2, 0.25) is 0 Å². The van der Waals surface area contributed by atoms with E-state index >= 15 is 0 Å². The number of hydrogen-bond donors (Lipinski definition) is 3. The number of hydrogen-bond acceptors (Lipinski definition) is 2. The quantitative estimate of drug-likeness (QED) is 0.371. The van der Waals surface area contributed by atoms with Crippen LogP contribution in [0.25, 0.3) is 0 Å². The summed E-state index contributed by atoms with van der Waals surface area (Å²) in [6.07, 6.45) is 3.12. The van der Waals surface area contributed by atoms with Crippen LogP contribution in [0, 0.1) is 5.92 Å². The van der Waals surface area contributed by atoms with E-state index in [4.69, 9.17) is 10.8 Å². The van der Waals surface area contributed by atoms with Gasteiger partial charge < -0.3 is 16.2 Å². The highest BCUT2D eigenvalue weighted by molar-refractivity contribution is 14.0. The van der Waals surface area contributed by atoms with E-state index < -0.39 is 6.10 Å². The molecule has 0 heterocycles. The Morgan fingerprint density at radius 2 is 1.82 bits per heavy atom. The largest absolute Gasteiger partial charge is 0.391 e. The summed E-state index contributed by atoms with van der Waals surface area (Å²) in [5.41, 5.74) is 5.68. The van der Waals surface area contributed by atoms with E-state index in [9.17, 15) is 0 Å². The molecule has 0 aliphatic heterocycles. The van der Waals surface area contributed by atoms with Gasteiger partial charge in [-0.2, -0.15) is 0 Å². The molecule has 0 aromatic rings. The maximum absolute atomic E-state index is 9.05. The van der Waals surface area contributed by atoms with Crippen LogP contribution >= 0.6 is 24.0 Å². The van der Waals surface area contributed by atoms with Gasteiger partial charge in [-0.3, -0.25) is 4.99 Å². The lowest BCUT2D eigenvalue weighted by molar-refractivity contribution is 0.204. The van der Waals surface area contributed by atoms with Crippen molar-refractivity contribution in [2.45, 2.75) is 59.1 Å². The van der Waals surface area contributed by atoms with Crippen molar-refractivity contribution in [3.8, 4) is 0 Å². The number of nitrogens with two attached hydrogens (primary N) is 1. The first-order chi connectivity index (χ1) is 7.41. The van der Waals surface area contributed by atoms with Crippen molar-refractivity contribution < 1.29 is 5.11 Å². The summed E-state index contributed by atoms with van der Waals surface area (Å²) in [4.78, 5) is 4.04. The average molecular weight is 357 g/mol. The first-order valence-corrected chi connectivity index (χ1v) is 6.16. The van der Waals surface area contributed by atoms with E-state index in [1.807, 2.05) is 0 Å². The van der Waals surface area contributed by atoms with Gasteiger partial charge in [0.15, 0.2) is 5.96 Å². The Morgan fingerprint density at radius 1 is 1.24 bits per heavy atom. The molecule has 0 saturated heterocycles. The molecule has 0 rings (SSSR count). The summed E-state index contributed by atoms with van der Waals surface area (Å²) in [6.45, 7) is 8.62. The molecule has 0 aliphatic carbocycles. The van der Waals surface area contributed by atoms with Crippen LogP contribution in [-0.2, 0) is 0 Å². The molecule has 0 amide bonds. The molecule has 5 heteroatoms. The molecule has 2 atom stereocenters. The second-order valence-corrected chi connectivity index (χ2v) is 4.95. The number of aliphatic imine (C=N–C) groups is 1. The van der Waals surface area contributed by atoms with Gasteiger partial charge in [0.2, 0.25) is 0 Å². The van der Waals surface area contributed by atoms with Gasteiger partial charge in [-0.05, 0) is 26.2 Å². The number of aliphatic hydroxyl groups excluding tert-OH is 1. The van der Waals surface area contributed by atoms with Crippen molar-refractivity contribution in [3.63, 3.8) is 0 Å². The summed E-state index contributed by atoms with van der Waals surface area (Å²) in [7, 11) is 0. The van der Waals surface area contributed by atoms with Crippen LogP contribution in [0.15, 0.2) is 4.99 Å². The summed E-state index contributed by atoms with van der Waals surface area (Å²) in [5.74, 6) is 1.19. The molecule has 0 saturated carbocycles. The highest BCUT2D eigenvalue weighted by Crippen LogP contribution is 2.07. The molecular weight excluding hydrogens is 329 g/mol. The topological polar surface area (TPSA) is 70.6 Å². The number of aliphatic hydroxyl groups is 1. The van der Waals surface area contributed by atoms with E-state index in [0.717, 1.165) is 12.3 Å². The van der Waals surface area contributed by atoms with Gasteiger partial charge in [0.25, 0.3) is 0 Å². The van der Waals surface area contributed by atoms with Crippen LogP contribution in [0.4, 0.5) is 0 Å². The van der Waals surface area contributed by atoms with E-state index in [0.29, 0.717) is 18.5 Å². The van der Waals surface area contributed by atoms with Gasteiger partial charge in [0, 0.05) is 6.04 Å². The molecule has 0 aromatic carbocycles. The Labute approximate surface area is 122 Å². The third-order valence-corrected chi connectivity index (χ3v) is 2.34. The molecule has 4 N–H and O–H groups in total. The van der Waals surface area contributed by atoms with E-state index in [2.05, 4.69) is 31.1 Å². The first-order valence-electron chi connectivity index (χ1n) is 6.16. The Bertz CT molecular complexity index is 208. The fourth-order valence-corrected chi connectivity index (χ4v) is 1.43. The van der Waals surface area contributed by atoms with Crippen molar-refractivity contribution in [1.29, 1.82) is 0 Å². The second-order valence-electron chi connectivity index (χ2n) is 4.95. The van der Waals surface area contributed by atoms with Crippen molar-refractivity contribution in [3.05, 3.63) is 0 Å². The lowest BCUT2D eigenvalue weighted by Gasteiger charge is -2.15. The minimum absolute atomic E-state index is 0. The number of guanidine groups is 1. The van der Waals surface area contributed by atoms with Gasteiger partial charge in [0.05, 0.1) is 12.6 Å². The third-order valence-electron chi connectivity index (χ3n) is 2.34. The van der Waals surface area contributed by atoms with Gasteiger partial charge in [0.1, 0.15) is 0 Å². The minimum Gasteiger partial charge on any atom is -0.391 e. The maximum Gasteiger partial charge on any atom is 0.188 e. The molecule has 0 bridgehead atoms. The summed E-state index contributed by atoms with van der Waals surface area (Å²) in [6, 6.07) is 0.344. The maximum atomic E-state index is 9.05. The zero-order valence-electron chi connectivity index (χ0n) is 11.4. The monoisotopic (exact) mass is 357 g/mol. The normalized spacial score (nSPS) is 15.3. The number of nitrogens with one attached hydrogen (secondary N) is 1. The lowest BCUT2D eigenvalue weighted by atomic mass is 10.0. The third kappa shape index (κ3) is 13.9. The highest BCUT2D eigenvalue weighted by atomic mass is 127. The molecule has 2 unspecified atom stereocenters. The molecule has 17 heavy (non-hydrogen) atoms. The molecule has 0 spiro atoms. The second kappa shape index (κ2) is 11.1. The molecule has 0 fully saturated rings. The van der Waals surface area contributed by atoms with E-state index in [1.165, 1.54) is 12.8 Å². The lowest BCUT2D eigenvalue weighted by Crippen LogP contribution is -2.38. The average Bonchev–Trinajstić information content (AvgIpc) is 2.14. The molecule has 0 radical (unpaired) electrons. The minimum atomic E-state index is -0.434. The zero-order valence-corrected chi connectivity index (χ0v) is 13.8. The number of rotatable bonds is 7. The van der Waals surface area contributed by atoms with Crippen LogP contribution in [-0.4, -0.2) is 29.8 Å². The fourth-order valence-electron chi connectivity index (χ4n) is 1.43. The number of nitrogens with zero attached hydrogens (tertiary/aromatic N) is 1. The zero-order chi connectivity index (χ0) is 12.6. The molecule has 4 nitrogen and oxygen atoms in total. The Hall–Kier alpha value is -0.0400. The molecular formula is C12H28IN3O.